The molecule has 0 fully saturated rings. The predicted octanol–water partition coefficient (Wildman–Crippen LogP) is 7.14. The number of rotatable bonds is 2. The van der Waals surface area contributed by atoms with Crippen molar-refractivity contribution in [2.75, 3.05) is 0 Å². The number of benzene rings is 3. The van der Waals surface area contributed by atoms with Crippen molar-refractivity contribution in [2.24, 2.45) is 0 Å². The van der Waals surface area contributed by atoms with Crippen molar-refractivity contribution in [1.82, 2.24) is 0 Å². The summed E-state index contributed by atoms with van der Waals surface area (Å²) in [6.07, 6.45) is 0.976. The van der Waals surface area contributed by atoms with Gasteiger partial charge in [-0.1, -0.05) is 36.1 Å². The van der Waals surface area contributed by atoms with E-state index >= 15 is 0 Å². The van der Waals surface area contributed by atoms with Crippen molar-refractivity contribution in [3.63, 3.8) is 0 Å². The van der Waals surface area contributed by atoms with E-state index in [9.17, 15) is 0 Å². The average Bonchev–Trinajstić information content (AvgIpc) is 2.70. The average molecular weight is 381 g/mol. The first-order valence-electron chi connectivity index (χ1n) is 10.4. The van der Waals surface area contributed by atoms with Gasteiger partial charge in [0.25, 0.3) is 0 Å². The van der Waals surface area contributed by atoms with Crippen LogP contribution in [0.3, 0.4) is 0 Å². The molecule has 0 N–H and O–H groups in total. The Balaban J connectivity index is 1.94. The van der Waals surface area contributed by atoms with Gasteiger partial charge in [0.05, 0.1) is 0 Å². The Labute approximate surface area is 177 Å². The Hall–Kier alpha value is -2.78. The molecule has 0 bridgehead atoms. The maximum absolute atomic E-state index is 3.43. The molecule has 0 aliphatic carbocycles. The molecule has 0 nitrogen and oxygen atoms in total. The molecule has 3 rings (SSSR count). The fourth-order valence-electron chi connectivity index (χ4n) is 3.84. The summed E-state index contributed by atoms with van der Waals surface area (Å²) in [6.45, 7) is 17.6. The standard InChI is InChI=1S/C29H32/c1-18-9-11-26(22(5)20(18)3)13-14-27-15-16-29(25(8)24(27)7)17-28-12-10-19(2)21(4)23(28)6/h9-12,15-16H,17H2,1-8H3. The van der Waals surface area contributed by atoms with E-state index in [1.807, 2.05) is 0 Å². The smallest absolute Gasteiger partial charge is 0.0281 e. The molecule has 3 aromatic carbocycles. The molecule has 0 aromatic heterocycles. The summed E-state index contributed by atoms with van der Waals surface area (Å²) in [4.78, 5) is 0. The lowest BCUT2D eigenvalue weighted by Crippen LogP contribution is -2.00. The quantitative estimate of drug-likeness (QED) is 0.414. The fraction of sp³-hybridized carbons (Fsp3) is 0.310. The van der Waals surface area contributed by atoms with Crippen LogP contribution in [0, 0.1) is 67.2 Å². The first-order valence-corrected chi connectivity index (χ1v) is 10.4. The maximum Gasteiger partial charge on any atom is 0.0281 e. The minimum atomic E-state index is 0.976. The van der Waals surface area contributed by atoms with E-state index in [2.05, 4.69) is 104 Å². The molecule has 29 heavy (non-hydrogen) atoms. The highest BCUT2D eigenvalue weighted by Crippen LogP contribution is 2.24. The molecule has 0 heterocycles. The second-order valence-corrected chi connectivity index (χ2v) is 8.42. The SMILES string of the molecule is Cc1ccc(C#Cc2ccc(Cc3ccc(C)c(C)c3C)c(C)c2C)c(C)c1C. The van der Waals surface area contributed by atoms with Crippen LogP contribution in [0.5, 0.6) is 0 Å². The second-order valence-electron chi connectivity index (χ2n) is 8.42. The zero-order chi connectivity index (χ0) is 21.3. The molecule has 0 aliphatic heterocycles. The minimum Gasteiger partial charge on any atom is -0.0614 e. The van der Waals surface area contributed by atoms with Crippen molar-refractivity contribution < 1.29 is 0 Å². The highest BCUT2D eigenvalue weighted by molar-refractivity contribution is 5.54. The van der Waals surface area contributed by atoms with E-state index in [1.165, 1.54) is 55.6 Å². The van der Waals surface area contributed by atoms with Crippen LogP contribution in [0.15, 0.2) is 36.4 Å². The highest BCUT2D eigenvalue weighted by atomic mass is 14.1. The van der Waals surface area contributed by atoms with E-state index in [-0.39, 0.29) is 0 Å². The van der Waals surface area contributed by atoms with Crippen molar-refractivity contribution in [1.29, 1.82) is 0 Å². The van der Waals surface area contributed by atoms with Gasteiger partial charge in [-0.3, -0.25) is 0 Å². The summed E-state index contributed by atoms with van der Waals surface area (Å²) in [5.74, 6) is 6.83. The van der Waals surface area contributed by atoms with Crippen LogP contribution >= 0.6 is 0 Å². The van der Waals surface area contributed by atoms with E-state index in [0.717, 1.165) is 17.5 Å². The third kappa shape index (κ3) is 4.15. The zero-order valence-corrected chi connectivity index (χ0v) is 19.2. The van der Waals surface area contributed by atoms with Crippen LogP contribution in [0.2, 0.25) is 0 Å². The van der Waals surface area contributed by atoms with Crippen molar-refractivity contribution >= 4 is 0 Å². The van der Waals surface area contributed by atoms with Crippen LogP contribution in [0.1, 0.15) is 66.8 Å². The zero-order valence-electron chi connectivity index (χ0n) is 19.2. The Morgan fingerprint density at radius 3 is 1.41 bits per heavy atom. The van der Waals surface area contributed by atoms with E-state index < -0.39 is 0 Å². The number of hydrogen-bond donors (Lipinski definition) is 0. The molecule has 0 saturated heterocycles. The van der Waals surface area contributed by atoms with Crippen LogP contribution in [-0.2, 0) is 6.42 Å². The predicted molar refractivity (Wildman–Crippen MR) is 126 cm³/mol. The summed E-state index contributed by atoms with van der Waals surface area (Å²) in [6, 6.07) is 13.3. The van der Waals surface area contributed by atoms with Gasteiger partial charge in [0.1, 0.15) is 0 Å². The highest BCUT2D eigenvalue weighted by Gasteiger charge is 2.09. The van der Waals surface area contributed by atoms with Crippen molar-refractivity contribution in [3.8, 4) is 11.8 Å². The summed E-state index contributed by atoms with van der Waals surface area (Å²) in [5, 5.41) is 0. The molecular weight excluding hydrogens is 348 g/mol. The van der Waals surface area contributed by atoms with Gasteiger partial charge in [-0.05, 0) is 130 Å². The molecule has 0 aliphatic rings. The van der Waals surface area contributed by atoms with E-state index in [1.54, 1.807) is 0 Å². The first-order chi connectivity index (χ1) is 13.7. The summed E-state index contributed by atoms with van der Waals surface area (Å²) in [7, 11) is 0. The van der Waals surface area contributed by atoms with Gasteiger partial charge in [-0.2, -0.15) is 0 Å². The Kier molecular flexibility index (Phi) is 5.99. The van der Waals surface area contributed by atoms with E-state index in [0.29, 0.717) is 0 Å². The molecule has 0 radical (unpaired) electrons. The van der Waals surface area contributed by atoms with Gasteiger partial charge in [0.2, 0.25) is 0 Å². The molecule has 0 heteroatoms. The maximum atomic E-state index is 3.43. The molecule has 0 amide bonds. The van der Waals surface area contributed by atoms with Crippen molar-refractivity contribution in [3.05, 3.63) is 103 Å². The van der Waals surface area contributed by atoms with Crippen LogP contribution < -0.4 is 0 Å². The van der Waals surface area contributed by atoms with Gasteiger partial charge in [0, 0.05) is 11.1 Å². The molecule has 3 aromatic rings. The Bertz CT molecular complexity index is 1150. The first kappa shape index (κ1) is 20.9. The van der Waals surface area contributed by atoms with Crippen LogP contribution in [-0.4, -0.2) is 0 Å². The molecule has 0 atom stereocenters. The minimum absolute atomic E-state index is 0.976. The molecular formula is C29H32. The van der Waals surface area contributed by atoms with Crippen LogP contribution in [0.4, 0.5) is 0 Å². The van der Waals surface area contributed by atoms with Gasteiger partial charge < -0.3 is 0 Å². The third-order valence-electron chi connectivity index (χ3n) is 6.84. The Morgan fingerprint density at radius 1 is 0.448 bits per heavy atom. The normalized spacial score (nSPS) is 10.6. The fourth-order valence-corrected chi connectivity index (χ4v) is 3.84. The lowest BCUT2D eigenvalue weighted by atomic mass is 9.90. The van der Waals surface area contributed by atoms with Gasteiger partial charge in [-0.25, -0.2) is 0 Å². The molecule has 0 spiro atoms. The summed E-state index contributed by atoms with van der Waals surface area (Å²) in [5.41, 5.74) is 15.8. The molecule has 0 saturated carbocycles. The summed E-state index contributed by atoms with van der Waals surface area (Å²) >= 11 is 0. The topological polar surface area (TPSA) is 0 Å². The molecule has 148 valence electrons. The van der Waals surface area contributed by atoms with Crippen LogP contribution in [0.25, 0.3) is 0 Å². The lowest BCUT2D eigenvalue weighted by Gasteiger charge is -2.15. The van der Waals surface area contributed by atoms with Gasteiger partial charge >= 0.3 is 0 Å². The van der Waals surface area contributed by atoms with Crippen molar-refractivity contribution in [2.45, 2.75) is 61.8 Å². The second kappa shape index (κ2) is 8.30. The summed E-state index contributed by atoms with van der Waals surface area (Å²) < 4.78 is 0. The molecule has 0 unspecified atom stereocenters. The monoisotopic (exact) mass is 380 g/mol. The number of aryl methyl sites for hydroxylation is 2. The third-order valence-corrected chi connectivity index (χ3v) is 6.84. The van der Waals surface area contributed by atoms with Gasteiger partial charge in [-0.15, -0.1) is 0 Å². The number of hydrogen-bond acceptors (Lipinski definition) is 0. The largest absolute Gasteiger partial charge is 0.0614 e. The van der Waals surface area contributed by atoms with Gasteiger partial charge in [0.15, 0.2) is 0 Å². The lowest BCUT2D eigenvalue weighted by molar-refractivity contribution is 1.09. The Morgan fingerprint density at radius 2 is 0.828 bits per heavy atom. The van der Waals surface area contributed by atoms with E-state index in [4.69, 9.17) is 0 Å².